The molecule has 3 heteroatoms. The zero-order valence-electron chi connectivity index (χ0n) is 12.4. The highest BCUT2D eigenvalue weighted by molar-refractivity contribution is 5.85. The number of carboxylic acids is 1. The first kappa shape index (κ1) is 13.7. The van der Waals surface area contributed by atoms with Crippen molar-refractivity contribution in [3.05, 3.63) is 11.6 Å². The Balaban J connectivity index is 1.89. The van der Waals surface area contributed by atoms with E-state index in [2.05, 4.69) is 13.0 Å². The number of aliphatic carboxylic acids is 1. The van der Waals surface area contributed by atoms with Crippen molar-refractivity contribution in [1.29, 1.82) is 5.26 Å². The maximum absolute atomic E-state index is 11.0. The first-order valence-electron chi connectivity index (χ1n) is 7.61. The van der Waals surface area contributed by atoms with Crippen molar-refractivity contribution in [2.24, 2.45) is 22.2 Å². The summed E-state index contributed by atoms with van der Waals surface area (Å²) in [6.45, 7) is 4.01. The van der Waals surface area contributed by atoms with Gasteiger partial charge in [0.05, 0.1) is 11.5 Å². The second kappa shape index (κ2) is 4.10. The van der Waals surface area contributed by atoms with Crippen LogP contribution in [0.3, 0.4) is 0 Å². The van der Waals surface area contributed by atoms with Crippen molar-refractivity contribution in [3.63, 3.8) is 0 Å². The third kappa shape index (κ3) is 2.06. The van der Waals surface area contributed by atoms with E-state index in [0.717, 1.165) is 25.7 Å². The van der Waals surface area contributed by atoms with Gasteiger partial charge in [0.1, 0.15) is 0 Å². The van der Waals surface area contributed by atoms with Crippen LogP contribution in [0.15, 0.2) is 11.6 Å². The van der Waals surface area contributed by atoms with Crippen LogP contribution in [0.2, 0.25) is 0 Å². The van der Waals surface area contributed by atoms with Crippen LogP contribution in [0.25, 0.3) is 0 Å². The van der Waals surface area contributed by atoms with Gasteiger partial charge in [0.25, 0.3) is 0 Å². The molecule has 0 aromatic rings. The smallest absolute Gasteiger partial charge is 0.330 e. The van der Waals surface area contributed by atoms with E-state index in [1.807, 2.05) is 6.08 Å². The fraction of sp³-hybridized carbons (Fsp3) is 0.765. The van der Waals surface area contributed by atoms with Crippen LogP contribution in [0.5, 0.6) is 0 Å². The lowest BCUT2D eigenvalue weighted by Crippen LogP contribution is -2.55. The first-order chi connectivity index (χ1) is 9.29. The normalized spacial score (nSPS) is 46.2. The summed E-state index contributed by atoms with van der Waals surface area (Å²) in [6.07, 6.45) is 9.45. The van der Waals surface area contributed by atoms with E-state index < -0.39 is 5.97 Å². The van der Waals surface area contributed by atoms with Gasteiger partial charge in [-0.25, -0.2) is 4.79 Å². The third-order valence-electron chi connectivity index (χ3n) is 5.88. The quantitative estimate of drug-likeness (QED) is 0.793. The van der Waals surface area contributed by atoms with Crippen LogP contribution in [0, 0.1) is 33.5 Å². The Morgan fingerprint density at radius 1 is 1.35 bits per heavy atom. The zero-order valence-corrected chi connectivity index (χ0v) is 12.4. The summed E-state index contributed by atoms with van der Waals surface area (Å²) in [5, 5.41) is 18.7. The molecule has 0 aliphatic heterocycles. The van der Waals surface area contributed by atoms with Gasteiger partial charge >= 0.3 is 5.97 Å². The number of carbonyl (C=O) groups is 1. The number of nitriles is 1. The van der Waals surface area contributed by atoms with Gasteiger partial charge in [-0.3, -0.25) is 0 Å². The number of allylic oxidation sites excluding steroid dienone is 1. The highest BCUT2D eigenvalue weighted by atomic mass is 16.4. The molecule has 108 valence electrons. The SMILES string of the molecule is CC(=CCC12CC3CC(C)(CC(C#N)(C3)C1)C2)C(=O)O. The van der Waals surface area contributed by atoms with Crippen molar-refractivity contribution >= 4 is 5.97 Å². The molecule has 4 unspecified atom stereocenters. The molecule has 0 saturated heterocycles. The molecule has 4 aliphatic rings. The topological polar surface area (TPSA) is 61.1 Å². The second-order valence-electron chi connectivity index (χ2n) is 8.11. The summed E-state index contributed by atoms with van der Waals surface area (Å²) in [4.78, 5) is 11.0. The second-order valence-corrected chi connectivity index (χ2v) is 8.11. The largest absolute Gasteiger partial charge is 0.478 e. The molecule has 4 bridgehead atoms. The summed E-state index contributed by atoms with van der Waals surface area (Å²) in [6, 6.07) is 2.63. The summed E-state index contributed by atoms with van der Waals surface area (Å²) < 4.78 is 0. The van der Waals surface area contributed by atoms with E-state index in [0.29, 0.717) is 16.9 Å². The van der Waals surface area contributed by atoms with E-state index in [1.54, 1.807) is 6.92 Å². The highest BCUT2D eigenvalue weighted by Gasteiger charge is 2.61. The molecule has 3 nitrogen and oxygen atoms in total. The molecule has 4 rings (SSSR count). The lowest BCUT2D eigenvalue weighted by atomic mass is 9.39. The molecule has 0 heterocycles. The van der Waals surface area contributed by atoms with Crippen molar-refractivity contribution < 1.29 is 9.90 Å². The fourth-order valence-electron chi connectivity index (χ4n) is 5.95. The Hall–Kier alpha value is -1.30. The molecule has 1 N–H and O–H groups in total. The van der Waals surface area contributed by atoms with Gasteiger partial charge in [0.2, 0.25) is 0 Å². The van der Waals surface area contributed by atoms with Gasteiger partial charge in [0, 0.05) is 5.57 Å². The molecule has 4 saturated carbocycles. The lowest BCUT2D eigenvalue weighted by molar-refractivity contribution is -0.132. The van der Waals surface area contributed by atoms with E-state index in [1.165, 1.54) is 19.3 Å². The molecule has 4 atom stereocenters. The van der Waals surface area contributed by atoms with Crippen molar-refractivity contribution in [1.82, 2.24) is 0 Å². The number of rotatable bonds is 3. The summed E-state index contributed by atoms with van der Waals surface area (Å²) in [5.74, 6) is -0.148. The van der Waals surface area contributed by atoms with Crippen LogP contribution in [-0.4, -0.2) is 11.1 Å². The van der Waals surface area contributed by atoms with Crippen LogP contribution >= 0.6 is 0 Å². The van der Waals surface area contributed by atoms with E-state index >= 15 is 0 Å². The average Bonchev–Trinajstić information content (AvgIpc) is 2.33. The molecule has 0 aromatic heterocycles. The van der Waals surface area contributed by atoms with Crippen LogP contribution in [-0.2, 0) is 4.79 Å². The average molecular weight is 273 g/mol. The van der Waals surface area contributed by atoms with Crippen molar-refractivity contribution in [2.75, 3.05) is 0 Å². The van der Waals surface area contributed by atoms with Gasteiger partial charge in [-0.15, -0.1) is 0 Å². The predicted octanol–water partition coefficient (Wildman–Crippen LogP) is 3.91. The minimum Gasteiger partial charge on any atom is -0.478 e. The Kier molecular flexibility index (Phi) is 2.80. The maximum atomic E-state index is 11.0. The minimum atomic E-state index is -0.823. The van der Waals surface area contributed by atoms with Gasteiger partial charge in [-0.05, 0) is 68.6 Å². The Morgan fingerprint density at radius 2 is 2.10 bits per heavy atom. The Morgan fingerprint density at radius 3 is 2.70 bits per heavy atom. The molecule has 0 radical (unpaired) electrons. The predicted molar refractivity (Wildman–Crippen MR) is 75.8 cm³/mol. The third-order valence-corrected chi connectivity index (χ3v) is 5.88. The molecule has 4 aliphatic carbocycles. The summed E-state index contributed by atoms with van der Waals surface area (Å²) in [7, 11) is 0. The molecule has 0 spiro atoms. The monoisotopic (exact) mass is 273 g/mol. The molecular formula is C17H23NO2. The van der Waals surface area contributed by atoms with Gasteiger partial charge in [0.15, 0.2) is 0 Å². The minimum absolute atomic E-state index is 0.126. The molecule has 0 amide bonds. The number of hydrogen-bond donors (Lipinski definition) is 1. The summed E-state index contributed by atoms with van der Waals surface area (Å²) >= 11 is 0. The standard InChI is InChI=1S/C17H23NO2/c1-12(14(19)20)3-4-16-6-13-5-15(2,8-16)9-17(7-13,10-16)11-18/h3,13H,4-10H2,1-2H3,(H,19,20). The molecule has 20 heavy (non-hydrogen) atoms. The van der Waals surface area contributed by atoms with E-state index in [9.17, 15) is 10.1 Å². The van der Waals surface area contributed by atoms with E-state index in [-0.39, 0.29) is 10.8 Å². The first-order valence-corrected chi connectivity index (χ1v) is 7.61. The van der Waals surface area contributed by atoms with Gasteiger partial charge < -0.3 is 5.11 Å². The number of nitrogens with zero attached hydrogens (tertiary/aromatic N) is 1. The number of carboxylic acid groups (broad SMARTS) is 1. The number of hydrogen-bond acceptors (Lipinski definition) is 2. The molecular weight excluding hydrogens is 250 g/mol. The van der Waals surface area contributed by atoms with Crippen LogP contribution < -0.4 is 0 Å². The maximum Gasteiger partial charge on any atom is 0.330 e. The van der Waals surface area contributed by atoms with Gasteiger partial charge in [-0.2, -0.15) is 5.26 Å². The zero-order chi connectivity index (χ0) is 14.6. The highest BCUT2D eigenvalue weighted by Crippen LogP contribution is 2.70. The summed E-state index contributed by atoms with van der Waals surface area (Å²) in [5.41, 5.74) is 0.803. The van der Waals surface area contributed by atoms with Crippen LogP contribution in [0.1, 0.15) is 58.8 Å². The molecule has 4 fully saturated rings. The Labute approximate surface area is 120 Å². The Bertz CT molecular complexity index is 532. The lowest BCUT2D eigenvalue weighted by Gasteiger charge is -2.64. The van der Waals surface area contributed by atoms with Crippen LogP contribution in [0.4, 0.5) is 0 Å². The molecule has 0 aromatic carbocycles. The van der Waals surface area contributed by atoms with Crippen molar-refractivity contribution in [2.45, 2.75) is 58.8 Å². The van der Waals surface area contributed by atoms with E-state index in [4.69, 9.17) is 5.11 Å². The van der Waals surface area contributed by atoms with Crippen molar-refractivity contribution in [3.8, 4) is 6.07 Å². The fourth-order valence-corrected chi connectivity index (χ4v) is 5.95. The van der Waals surface area contributed by atoms with Gasteiger partial charge in [-0.1, -0.05) is 13.0 Å².